The Kier molecular flexibility index (Phi) is 5.33. The van der Waals surface area contributed by atoms with Gasteiger partial charge in [-0.05, 0) is 55.1 Å². The number of aromatic nitrogens is 3. The van der Waals surface area contributed by atoms with Gasteiger partial charge in [-0.3, -0.25) is 14.4 Å². The van der Waals surface area contributed by atoms with Crippen LogP contribution in [0.15, 0.2) is 48.7 Å². The lowest BCUT2D eigenvalue weighted by atomic mass is 9.75. The number of phenolic OH excluding ortho intramolecular Hbond substituents is 1. The minimum Gasteiger partial charge on any atom is -0.508 e. The van der Waals surface area contributed by atoms with E-state index in [9.17, 15) is 9.90 Å². The van der Waals surface area contributed by atoms with E-state index in [-0.39, 0.29) is 24.4 Å². The van der Waals surface area contributed by atoms with Gasteiger partial charge in [0.05, 0.1) is 18.7 Å². The number of carbonyl (C=O) groups excluding carboxylic acids is 1. The lowest BCUT2D eigenvalue weighted by Gasteiger charge is -2.49. The smallest absolute Gasteiger partial charge is 0.231 e. The lowest BCUT2D eigenvalue weighted by molar-refractivity contribution is -0.133. The van der Waals surface area contributed by atoms with Gasteiger partial charge >= 0.3 is 0 Å². The normalized spacial score (nSPS) is 24.8. The van der Waals surface area contributed by atoms with Crippen molar-refractivity contribution in [3.05, 3.63) is 54.2 Å². The fraction of sp³-hybridized carbons (Fsp3) is 0.400. The van der Waals surface area contributed by atoms with Gasteiger partial charge in [-0.1, -0.05) is 23.4 Å². The predicted molar refractivity (Wildman–Crippen MR) is 123 cm³/mol. The highest BCUT2D eigenvalue weighted by atomic mass is 16.7. The molecule has 3 fully saturated rings. The third-order valence-electron chi connectivity index (χ3n) is 7.20. The molecule has 7 rings (SSSR count). The second-order valence-electron chi connectivity index (χ2n) is 9.32. The van der Waals surface area contributed by atoms with Crippen molar-refractivity contribution in [2.45, 2.75) is 32.0 Å². The van der Waals surface area contributed by atoms with Crippen LogP contribution in [0.2, 0.25) is 0 Å². The summed E-state index contributed by atoms with van der Waals surface area (Å²) in [4.78, 5) is 15.4. The second-order valence-corrected chi connectivity index (χ2v) is 9.32. The van der Waals surface area contributed by atoms with Crippen LogP contribution in [0.1, 0.15) is 18.4 Å². The molecule has 1 amide bonds. The Morgan fingerprint density at radius 2 is 2.09 bits per heavy atom. The molecule has 9 heteroatoms. The number of aromatic hydroxyl groups is 1. The number of nitrogens with one attached hydrogen (secondary N) is 1. The monoisotopic (exact) mass is 461 g/mol. The van der Waals surface area contributed by atoms with E-state index in [4.69, 9.17) is 9.47 Å². The molecule has 0 aliphatic carbocycles. The van der Waals surface area contributed by atoms with Crippen molar-refractivity contribution >= 4 is 5.91 Å². The fourth-order valence-electron chi connectivity index (χ4n) is 5.40. The molecule has 1 aromatic heterocycles. The van der Waals surface area contributed by atoms with Gasteiger partial charge in [0, 0.05) is 24.7 Å². The third-order valence-corrected chi connectivity index (χ3v) is 7.20. The van der Waals surface area contributed by atoms with Crippen LogP contribution in [0, 0.1) is 11.8 Å². The zero-order valence-electron chi connectivity index (χ0n) is 18.8. The highest BCUT2D eigenvalue weighted by molar-refractivity contribution is 5.79. The predicted octanol–water partition coefficient (Wildman–Crippen LogP) is 2.41. The summed E-state index contributed by atoms with van der Waals surface area (Å²) < 4.78 is 12.7. The minimum atomic E-state index is 0.0117. The Morgan fingerprint density at radius 3 is 2.94 bits per heavy atom. The molecule has 0 spiro atoms. The Morgan fingerprint density at radius 1 is 1.18 bits per heavy atom. The van der Waals surface area contributed by atoms with E-state index in [1.165, 1.54) is 0 Å². The Hall–Kier alpha value is -3.59. The molecule has 1 unspecified atom stereocenters. The summed E-state index contributed by atoms with van der Waals surface area (Å²) in [6.07, 6.45) is 3.95. The second kappa shape index (κ2) is 8.64. The number of benzene rings is 2. The van der Waals surface area contributed by atoms with Crippen molar-refractivity contribution in [1.29, 1.82) is 0 Å². The first kappa shape index (κ1) is 21.0. The van der Waals surface area contributed by atoms with Gasteiger partial charge in [0.1, 0.15) is 11.4 Å². The number of piperidine rings is 3. The number of nitrogens with zero attached hydrogens (tertiary/aromatic N) is 4. The Bertz CT molecular complexity index is 1210. The SMILES string of the molecule is O=C(NCc1ccc2c(c1)OCO2)[C@H]1CN2CC[C@H]1C[C@@H]2Cn1cc(-c2cccc(O)c2)nn1. The van der Waals surface area contributed by atoms with Crippen molar-refractivity contribution < 1.29 is 19.4 Å². The summed E-state index contributed by atoms with van der Waals surface area (Å²) in [7, 11) is 0. The first-order valence-corrected chi connectivity index (χ1v) is 11.7. The molecule has 34 heavy (non-hydrogen) atoms. The van der Waals surface area contributed by atoms with Crippen LogP contribution in [0.25, 0.3) is 11.3 Å². The van der Waals surface area contributed by atoms with Gasteiger partial charge in [0.15, 0.2) is 11.5 Å². The van der Waals surface area contributed by atoms with Crippen molar-refractivity contribution in [2.24, 2.45) is 11.8 Å². The summed E-state index contributed by atoms with van der Waals surface area (Å²) in [6.45, 7) is 3.26. The fourth-order valence-corrected chi connectivity index (χ4v) is 5.40. The number of carbonyl (C=O) groups is 1. The number of ether oxygens (including phenoxy) is 2. The van der Waals surface area contributed by atoms with Crippen molar-refractivity contribution in [2.75, 3.05) is 19.9 Å². The number of phenols is 1. The van der Waals surface area contributed by atoms with Gasteiger partial charge in [-0.2, -0.15) is 0 Å². The summed E-state index contributed by atoms with van der Waals surface area (Å²) in [5.74, 6) is 2.21. The summed E-state index contributed by atoms with van der Waals surface area (Å²) in [5, 5.41) is 21.4. The average Bonchev–Trinajstić information content (AvgIpc) is 3.52. The zero-order valence-corrected chi connectivity index (χ0v) is 18.8. The first-order chi connectivity index (χ1) is 16.6. The van der Waals surface area contributed by atoms with Crippen LogP contribution < -0.4 is 14.8 Å². The van der Waals surface area contributed by atoms with E-state index in [0.29, 0.717) is 18.5 Å². The van der Waals surface area contributed by atoms with Gasteiger partial charge < -0.3 is 19.9 Å². The van der Waals surface area contributed by atoms with Gasteiger partial charge in [0.2, 0.25) is 12.7 Å². The molecule has 4 aliphatic rings. The lowest BCUT2D eigenvalue weighted by Crippen LogP contribution is -2.57. The molecule has 5 heterocycles. The van der Waals surface area contributed by atoms with Crippen LogP contribution in [0.4, 0.5) is 0 Å². The molecule has 4 aliphatic heterocycles. The van der Waals surface area contributed by atoms with E-state index in [0.717, 1.165) is 60.8 Å². The molecular weight excluding hydrogens is 434 g/mol. The molecular formula is C25H27N5O4. The molecule has 0 saturated carbocycles. The molecule has 9 nitrogen and oxygen atoms in total. The van der Waals surface area contributed by atoms with E-state index in [1.807, 2.05) is 35.1 Å². The maximum Gasteiger partial charge on any atom is 0.231 e. The minimum absolute atomic E-state index is 0.0117. The third kappa shape index (κ3) is 4.07. The summed E-state index contributed by atoms with van der Waals surface area (Å²) >= 11 is 0. The molecule has 2 aromatic carbocycles. The van der Waals surface area contributed by atoms with Gasteiger partial charge in [-0.15, -0.1) is 5.10 Å². The number of rotatable bonds is 6. The maximum absolute atomic E-state index is 13.0. The average molecular weight is 462 g/mol. The van der Waals surface area contributed by atoms with Gasteiger partial charge in [-0.25, -0.2) is 0 Å². The molecule has 3 saturated heterocycles. The van der Waals surface area contributed by atoms with Crippen molar-refractivity contribution in [3.63, 3.8) is 0 Å². The summed E-state index contributed by atoms with van der Waals surface area (Å²) in [6, 6.07) is 13.2. The van der Waals surface area contributed by atoms with Crippen LogP contribution in [-0.4, -0.2) is 56.8 Å². The summed E-state index contributed by atoms with van der Waals surface area (Å²) in [5.41, 5.74) is 2.59. The largest absolute Gasteiger partial charge is 0.508 e. The van der Waals surface area contributed by atoms with E-state index < -0.39 is 0 Å². The van der Waals surface area contributed by atoms with Crippen LogP contribution in [0.5, 0.6) is 17.2 Å². The highest BCUT2D eigenvalue weighted by Crippen LogP contribution is 2.37. The molecule has 176 valence electrons. The molecule has 0 radical (unpaired) electrons. The molecule has 3 aromatic rings. The number of fused-ring (bicyclic) bond motifs is 4. The van der Waals surface area contributed by atoms with Crippen LogP contribution in [-0.2, 0) is 17.9 Å². The van der Waals surface area contributed by atoms with Crippen molar-refractivity contribution in [3.8, 4) is 28.5 Å². The quantitative estimate of drug-likeness (QED) is 0.581. The van der Waals surface area contributed by atoms with Crippen molar-refractivity contribution in [1.82, 2.24) is 25.2 Å². The number of hydrogen-bond donors (Lipinski definition) is 2. The Balaban J connectivity index is 1.06. The van der Waals surface area contributed by atoms with E-state index in [1.54, 1.807) is 18.2 Å². The molecule has 2 N–H and O–H groups in total. The van der Waals surface area contributed by atoms with Crippen LogP contribution in [0.3, 0.4) is 0 Å². The Labute approximate surface area is 197 Å². The topological polar surface area (TPSA) is 102 Å². The van der Waals surface area contributed by atoms with E-state index >= 15 is 0 Å². The van der Waals surface area contributed by atoms with Gasteiger partial charge in [0.25, 0.3) is 0 Å². The zero-order chi connectivity index (χ0) is 23.1. The van der Waals surface area contributed by atoms with E-state index in [2.05, 4.69) is 20.5 Å². The maximum atomic E-state index is 13.0. The standard InChI is InChI=1S/C25H27N5O4/c31-20-3-1-2-18(10-20)22-14-30(28-27-22)12-19-9-17-6-7-29(19)13-21(17)25(32)26-11-16-4-5-23-24(8-16)34-15-33-23/h1-5,8,10,14,17,19,21,31H,6-7,9,11-13,15H2,(H,26,32)/t17-,19+,21-/m0/s1. The molecule has 2 bridgehead atoms. The molecule has 4 atom stereocenters. The first-order valence-electron chi connectivity index (χ1n) is 11.7. The number of hydrogen-bond acceptors (Lipinski definition) is 7. The number of amides is 1. The van der Waals surface area contributed by atoms with Crippen LogP contribution >= 0.6 is 0 Å². The highest BCUT2D eigenvalue weighted by Gasteiger charge is 2.43.